The zero-order valence-corrected chi connectivity index (χ0v) is 62.9. The minimum Gasteiger partial charge on any atom is -0.394 e. The number of ether oxygens (including phenoxy) is 4. The lowest BCUT2D eigenvalue weighted by Gasteiger charge is -2.46. The number of nitrogens with one attached hydrogen (secondary N) is 1. The van der Waals surface area contributed by atoms with E-state index in [0.29, 0.717) is 6.42 Å². The molecule has 0 aromatic carbocycles. The molecule has 2 saturated heterocycles. The summed E-state index contributed by atoms with van der Waals surface area (Å²) in [4.78, 5) is 13.4. The highest BCUT2D eigenvalue weighted by Gasteiger charge is 2.51. The summed E-state index contributed by atoms with van der Waals surface area (Å²) < 4.78 is 22.9. The summed E-state index contributed by atoms with van der Waals surface area (Å²) in [6.07, 6.45) is 72.4. The number of rotatable bonds is 71. The molecule has 97 heavy (non-hydrogen) atoms. The van der Waals surface area contributed by atoms with Crippen LogP contribution >= 0.6 is 0 Å². The van der Waals surface area contributed by atoms with E-state index < -0.39 is 86.8 Å². The highest BCUT2D eigenvalue weighted by Crippen LogP contribution is 2.30. The largest absolute Gasteiger partial charge is 0.394 e. The Morgan fingerprint density at radius 2 is 0.680 bits per heavy atom. The second-order valence-electron chi connectivity index (χ2n) is 29.6. The van der Waals surface area contributed by atoms with E-state index in [1.165, 1.54) is 321 Å². The van der Waals surface area contributed by atoms with Crippen LogP contribution in [-0.4, -0.2) is 140 Å². The van der Waals surface area contributed by atoms with Crippen LogP contribution in [0.5, 0.6) is 0 Å². The molecular weight excluding hydrogens is 1220 g/mol. The second-order valence-corrected chi connectivity index (χ2v) is 29.6. The topological polar surface area (TPSA) is 228 Å². The van der Waals surface area contributed by atoms with Gasteiger partial charge in [0, 0.05) is 6.42 Å². The van der Waals surface area contributed by atoms with Crippen LogP contribution in [0.3, 0.4) is 0 Å². The molecule has 14 nitrogen and oxygen atoms in total. The van der Waals surface area contributed by atoms with Crippen molar-refractivity contribution in [3.63, 3.8) is 0 Å². The summed E-state index contributed by atoms with van der Waals surface area (Å²) in [5, 5.41) is 87.7. The number of hydrogen-bond donors (Lipinski definition) is 9. The van der Waals surface area contributed by atoms with Gasteiger partial charge in [0.05, 0.1) is 32.0 Å². The molecule has 572 valence electrons. The van der Waals surface area contributed by atoms with Crippen LogP contribution in [-0.2, 0) is 23.7 Å². The standard InChI is InChI=1S/C83H157NO13/c1-3-5-7-9-11-13-15-17-19-21-23-25-27-29-31-32-33-34-35-36-37-38-39-40-41-43-45-47-49-51-53-55-57-59-61-63-65-67-75(88)84-71(70-94-82-80(93)78(91)81(74(69-86)96-82)97-83-79(92)77(90)76(89)73(68-85)95-83)72(87)66-64-62-60-58-56-54-52-50-48-46-44-42-30-28-26-24-22-20-18-16-14-12-10-8-6-4-2/h15,17,21,23,64,66,71-74,76-83,85-87,89-93H,3-14,16,18-20,22,24-63,65,67-70H2,1-2H3,(H,84,88)/b17-15-,23-21-,66-64+. The maximum Gasteiger partial charge on any atom is 0.220 e. The normalized spacial score (nSPS) is 22.2. The Labute approximate surface area is 595 Å². The summed E-state index contributed by atoms with van der Waals surface area (Å²) >= 11 is 0. The SMILES string of the molecule is CCCCCCC/C=C\C/C=C\CCCCCCCCCCCCCCCCCCCCCCCCCCCC(=O)NC(COC1OC(CO)C(OC2OC(CO)C(O)C(O)C2O)C(O)C1O)C(O)/C=C/CCCCCCCCCCCCCCCCCCCCCCCCCC. The van der Waals surface area contributed by atoms with E-state index in [1.54, 1.807) is 6.08 Å². The van der Waals surface area contributed by atoms with Crippen LogP contribution in [0, 0.1) is 0 Å². The molecule has 2 fully saturated rings. The number of allylic oxidation sites excluding steroid dienone is 5. The zero-order chi connectivity index (χ0) is 70.1. The molecule has 0 aromatic heterocycles. The molecule has 12 unspecified atom stereocenters. The molecule has 14 heteroatoms. The molecule has 1 amide bonds. The maximum atomic E-state index is 13.4. The molecule has 0 radical (unpaired) electrons. The first-order chi connectivity index (χ1) is 47.6. The Morgan fingerprint density at radius 3 is 1.03 bits per heavy atom. The van der Waals surface area contributed by atoms with Crippen molar-refractivity contribution >= 4 is 5.91 Å². The lowest BCUT2D eigenvalue weighted by atomic mass is 9.97. The Morgan fingerprint density at radius 1 is 0.371 bits per heavy atom. The Hall–Kier alpha value is -1.79. The first kappa shape index (κ1) is 91.3. The third kappa shape index (κ3) is 50.3. The van der Waals surface area contributed by atoms with Gasteiger partial charge in [-0.05, 0) is 51.4 Å². The van der Waals surface area contributed by atoms with Crippen LogP contribution in [0.1, 0.15) is 393 Å². The van der Waals surface area contributed by atoms with Gasteiger partial charge in [0.2, 0.25) is 5.91 Å². The van der Waals surface area contributed by atoms with Crippen molar-refractivity contribution in [3.05, 3.63) is 36.5 Å². The fourth-order valence-corrected chi connectivity index (χ4v) is 14.0. The fourth-order valence-electron chi connectivity index (χ4n) is 14.0. The second kappa shape index (κ2) is 67.4. The van der Waals surface area contributed by atoms with Gasteiger partial charge in [-0.25, -0.2) is 0 Å². The number of amides is 1. The first-order valence-corrected chi connectivity index (χ1v) is 41.7. The minimum atomic E-state index is -1.79. The number of carbonyl (C=O) groups is 1. The molecule has 0 aliphatic carbocycles. The fraction of sp³-hybridized carbons (Fsp3) is 0.916. The molecule has 0 bridgehead atoms. The van der Waals surface area contributed by atoms with Crippen molar-refractivity contribution < 1.29 is 64.6 Å². The molecule has 2 heterocycles. The van der Waals surface area contributed by atoms with Gasteiger partial charge in [-0.15, -0.1) is 0 Å². The number of aliphatic hydroxyl groups is 8. The number of aliphatic hydroxyl groups excluding tert-OH is 8. The van der Waals surface area contributed by atoms with Crippen LogP contribution in [0.2, 0.25) is 0 Å². The first-order valence-electron chi connectivity index (χ1n) is 41.7. The van der Waals surface area contributed by atoms with Crippen molar-refractivity contribution in [1.29, 1.82) is 0 Å². The molecule has 12 atom stereocenters. The van der Waals surface area contributed by atoms with Gasteiger partial charge in [0.25, 0.3) is 0 Å². The Balaban J connectivity index is 1.58. The smallest absolute Gasteiger partial charge is 0.220 e. The van der Waals surface area contributed by atoms with Crippen LogP contribution in [0.15, 0.2) is 36.5 Å². The quantitative estimate of drug-likeness (QED) is 0.0204. The molecule has 0 spiro atoms. The van der Waals surface area contributed by atoms with E-state index in [9.17, 15) is 45.6 Å². The highest BCUT2D eigenvalue weighted by atomic mass is 16.7. The van der Waals surface area contributed by atoms with Crippen molar-refractivity contribution in [3.8, 4) is 0 Å². The molecule has 2 aliphatic rings. The molecule has 0 aromatic rings. The van der Waals surface area contributed by atoms with Crippen LogP contribution < -0.4 is 5.32 Å². The van der Waals surface area contributed by atoms with E-state index >= 15 is 0 Å². The third-order valence-corrected chi connectivity index (χ3v) is 20.6. The van der Waals surface area contributed by atoms with Gasteiger partial charge in [0.1, 0.15) is 48.8 Å². The van der Waals surface area contributed by atoms with Gasteiger partial charge in [-0.1, -0.05) is 371 Å². The molecule has 2 rings (SSSR count). The third-order valence-electron chi connectivity index (χ3n) is 20.6. The minimum absolute atomic E-state index is 0.230. The summed E-state index contributed by atoms with van der Waals surface area (Å²) in [7, 11) is 0. The molecule has 2 aliphatic heterocycles. The lowest BCUT2D eigenvalue weighted by Crippen LogP contribution is -2.65. The Kier molecular flexibility index (Phi) is 63.4. The number of unbranched alkanes of at least 4 members (excludes halogenated alkanes) is 54. The van der Waals surface area contributed by atoms with Gasteiger partial charge >= 0.3 is 0 Å². The Bertz CT molecular complexity index is 1770. The monoisotopic (exact) mass is 1380 g/mol. The summed E-state index contributed by atoms with van der Waals surface area (Å²) in [5.74, 6) is -0.230. The summed E-state index contributed by atoms with van der Waals surface area (Å²) in [5.41, 5.74) is 0. The maximum absolute atomic E-state index is 13.4. The van der Waals surface area contributed by atoms with Crippen LogP contribution in [0.4, 0.5) is 0 Å². The van der Waals surface area contributed by atoms with E-state index in [-0.39, 0.29) is 18.9 Å². The van der Waals surface area contributed by atoms with Gasteiger partial charge in [-0.3, -0.25) is 4.79 Å². The molecular formula is C83H157NO13. The van der Waals surface area contributed by atoms with E-state index in [4.69, 9.17) is 18.9 Å². The van der Waals surface area contributed by atoms with E-state index in [2.05, 4.69) is 43.5 Å². The predicted molar refractivity (Wildman–Crippen MR) is 401 cm³/mol. The lowest BCUT2D eigenvalue weighted by molar-refractivity contribution is -0.359. The number of hydrogen-bond acceptors (Lipinski definition) is 13. The summed E-state index contributed by atoms with van der Waals surface area (Å²) in [6, 6.07) is -0.914. The average molecular weight is 1380 g/mol. The average Bonchev–Trinajstić information content (AvgIpc) is 0.794. The zero-order valence-electron chi connectivity index (χ0n) is 62.9. The molecule has 9 N–H and O–H groups in total. The number of carbonyl (C=O) groups excluding carboxylic acids is 1. The van der Waals surface area contributed by atoms with Crippen molar-refractivity contribution in [1.82, 2.24) is 5.32 Å². The van der Waals surface area contributed by atoms with Crippen molar-refractivity contribution in [2.75, 3.05) is 19.8 Å². The van der Waals surface area contributed by atoms with Gasteiger partial charge in [0.15, 0.2) is 12.6 Å². The predicted octanol–water partition coefficient (Wildman–Crippen LogP) is 19.2. The molecule has 0 saturated carbocycles. The van der Waals surface area contributed by atoms with Crippen molar-refractivity contribution in [2.45, 2.75) is 466 Å². The van der Waals surface area contributed by atoms with E-state index in [1.807, 2.05) is 6.08 Å². The van der Waals surface area contributed by atoms with Crippen molar-refractivity contribution in [2.24, 2.45) is 0 Å². The van der Waals surface area contributed by atoms with Gasteiger partial charge in [-0.2, -0.15) is 0 Å². The summed E-state index contributed by atoms with van der Waals surface area (Å²) in [6.45, 7) is 2.86. The van der Waals surface area contributed by atoms with Gasteiger partial charge < -0.3 is 65.1 Å². The van der Waals surface area contributed by atoms with E-state index in [0.717, 1.165) is 44.9 Å². The van der Waals surface area contributed by atoms with Crippen LogP contribution in [0.25, 0.3) is 0 Å². The highest BCUT2D eigenvalue weighted by molar-refractivity contribution is 5.76.